The van der Waals surface area contributed by atoms with E-state index in [-0.39, 0.29) is 30.0 Å². The summed E-state index contributed by atoms with van der Waals surface area (Å²) >= 11 is 0. The van der Waals surface area contributed by atoms with E-state index in [9.17, 15) is 19.3 Å². The van der Waals surface area contributed by atoms with Crippen molar-refractivity contribution < 1.29 is 38.0 Å². The number of phosphoric acid groups is 1. The van der Waals surface area contributed by atoms with E-state index in [0.717, 1.165) is 0 Å². The van der Waals surface area contributed by atoms with Gasteiger partial charge in [0.15, 0.2) is 11.6 Å². The summed E-state index contributed by atoms with van der Waals surface area (Å²) in [7, 11) is -4.85. The molecule has 9 heteroatoms. The fourth-order valence-corrected chi connectivity index (χ4v) is 7.67. The maximum atomic E-state index is 15.3. The molecule has 8 atom stereocenters. The number of rotatable bonds is 4. The Balaban J connectivity index is 1.67. The van der Waals surface area contributed by atoms with Crippen LogP contribution in [0.4, 0.5) is 4.39 Å². The van der Waals surface area contributed by atoms with Crippen LogP contribution >= 0.6 is 7.82 Å². The lowest BCUT2D eigenvalue weighted by Gasteiger charge is -2.58. The molecule has 0 aliphatic heterocycles. The van der Waals surface area contributed by atoms with Gasteiger partial charge in [0.2, 0.25) is 0 Å². The molecule has 0 heterocycles. The van der Waals surface area contributed by atoms with Gasteiger partial charge in [0.05, 0.1) is 0 Å². The molecule has 3 fully saturated rings. The Hall–Kier alpha value is -1.18. The number of phosphoric ester groups is 1. The number of Topliss-reactive ketones (excluding diaryl/α,β-unsaturated/α-hetero) is 1. The fourth-order valence-electron chi connectivity index (χ4n) is 7.39. The van der Waals surface area contributed by atoms with Crippen molar-refractivity contribution in [3.05, 3.63) is 23.8 Å². The third-order valence-corrected chi connectivity index (χ3v) is 9.37. The van der Waals surface area contributed by atoms with Crippen LogP contribution in [0.3, 0.4) is 0 Å². The third-order valence-electron chi connectivity index (χ3n) is 8.91. The molecule has 0 aromatic heterocycles. The standard InChI is InChI=1S/C22H30FO7P/c1-12-8-16-14-10-18(23)17-9-13(24)4-6-20(17,2)15(14)5-7-21(16,3)22(12,26)19(25)11-30-31(27,28)29/h4,6,9,12,14-16,18,26H,5,7-8,10-11H2,1-3H3,(H2,27,28,29)/t12?,14-,15+,16+,18?,20-,21+,22+/m1/s1. The van der Waals surface area contributed by atoms with Crippen LogP contribution in [0.5, 0.6) is 0 Å². The summed E-state index contributed by atoms with van der Waals surface area (Å²) in [6, 6.07) is 0. The molecule has 31 heavy (non-hydrogen) atoms. The zero-order chi connectivity index (χ0) is 23.0. The lowest BCUT2D eigenvalue weighted by atomic mass is 9.46. The minimum atomic E-state index is -4.85. The van der Waals surface area contributed by atoms with E-state index in [0.29, 0.717) is 24.8 Å². The first-order chi connectivity index (χ1) is 14.2. The Morgan fingerprint density at radius 1 is 1.29 bits per heavy atom. The summed E-state index contributed by atoms with van der Waals surface area (Å²) in [6.07, 6.45) is 5.40. The lowest BCUT2D eigenvalue weighted by molar-refractivity contribution is -0.169. The van der Waals surface area contributed by atoms with Crippen molar-refractivity contribution in [2.45, 2.75) is 58.2 Å². The number of hydrogen-bond acceptors (Lipinski definition) is 5. The van der Waals surface area contributed by atoms with Gasteiger partial charge in [0.1, 0.15) is 18.4 Å². The van der Waals surface area contributed by atoms with Crippen LogP contribution in [0.1, 0.15) is 46.5 Å². The number of carbonyl (C=O) groups is 2. The van der Waals surface area contributed by atoms with Crippen molar-refractivity contribution in [3.63, 3.8) is 0 Å². The van der Waals surface area contributed by atoms with E-state index < -0.39 is 48.7 Å². The molecule has 4 aliphatic rings. The minimum absolute atomic E-state index is 0.0827. The second-order valence-corrected chi connectivity index (χ2v) is 11.5. The van der Waals surface area contributed by atoms with E-state index in [2.05, 4.69) is 4.52 Å². The summed E-state index contributed by atoms with van der Waals surface area (Å²) in [5.74, 6) is -1.53. The summed E-state index contributed by atoms with van der Waals surface area (Å²) < 4.78 is 30.8. The van der Waals surface area contributed by atoms with Gasteiger partial charge < -0.3 is 14.9 Å². The Morgan fingerprint density at radius 2 is 1.97 bits per heavy atom. The molecule has 0 bridgehead atoms. The van der Waals surface area contributed by atoms with Crippen LogP contribution in [-0.2, 0) is 18.7 Å². The van der Waals surface area contributed by atoms with Crippen molar-refractivity contribution in [2.24, 2.45) is 34.5 Å². The minimum Gasteiger partial charge on any atom is -0.381 e. The third kappa shape index (κ3) is 3.25. The van der Waals surface area contributed by atoms with Crippen LogP contribution in [-0.4, -0.2) is 44.8 Å². The predicted molar refractivity (Wildman–Crippen MR) is 109 cm³/mol. The predicted octanol–water partition coefficient (Wildman–Crippen LogP) is 2.90. The molecular weight excluding hydrogens is 426 g/mol. The van der Waals surface area contributed by atoms with Crippen molar-refractivity contribution >= 4 is 19.4 Å². The molecule has 4 rings (SSSR count). The number of alkyl halides is 1. The average Bonchev–Trinajstić information content (AvgIpc) is 2.89. The van der Waals surface area contributed by atoms with Crippen LogP contribution in [0, 0.1) is 34.5 Å². The highest BCUT2D eigenvalue weighted by Crippen LogP contribution is 2.68. The summed E-state index contributed by atoms with van der Waals surface area (Å²) in [5.41, 5.74) is -2.71. The molecule has 3 saturated carbocycles. The van der Waals surface area contributed by atoms with E-state index in [1.165, 1.54) is 12.2 Å². The summed E-state index contributed by atoms with van der Waals surface area (Å²) in [5, 5.41) is 11.6. The number of carbonyl (C=O) groups excluding carboxylic acids is 2. The second kappa shape index (κ2) is 7.16. The fraction of sp³-hybridized carbons (Fsp3) is 0.727. The average molecular weight is 456 g/mol. The molecule has 0 spiro atoms. The molecule has 4 aliphatic carbocycles. The molecule has 0 saturated heterocycles. The molecule has 172 valence electrons. The molecule has 0 aromatic carbocycles. The SMILES string of the molecule is CC1C[C@H]2[C@@H]3CC(F)C4=CC(=O)C=C[C@]4(C)[C@H]3CC[C@]2(C)[C@@]1(O)C(=O)COP(=O)(O)O. The highest BCUT2D eigenvalue weighted by atomic mass is 31.2. The molecule has 0 aromatic rings. The van der Waals surface area contributed by atoms with Gasteiger partial charge in [-0.25, -0.2) is 8.96 Å². The van der Waals surface area contributed by atoms with E-state index >= 15 is 4.39 Å². The molecule has 0 radical (unpaired) electrons. The highest BCUT2D eigenvalue weighted by Gasteiger charge is 2.69. The maximum Gasteiger partial charge on any atom is 0.470 e. The van der Waals surface area contributed by atoms with Gasteiger partial charge in [-0.05, 0) is 67.1 Å². The van der Waals surface area contributed by atoms with Gasteiger partial charge in [-0.2, -0.15) is 0 Å². The van der Waals surface area contributed by atoms with Gasteiger partial charge >= 0.3 is 7.82 Å². The van der Waals surface area contributed by atoms with Gasteiger partial charge in [0, 0.05) is 10.8 Å². The van der Waals surface area contributed by atoms with Crippen molar-refractivity contribution in [3.8, 4) is 0 Å². The Morgan fingerprint density at radius 3 is 2.61 bits per heavy atom. The monoisotopic (exact) mass is 456 g/mol. The van der Waals surface area contributed by atoms with Gasteiger partial charge in [-0.1, -0.05) is 26.8 Å². The van der Waals surface area contributed by atoms with Gasteiger partial charge in [-0.15, -0.1) is 0 Å². The molecule has 0 amide bonds. The smallest absolute Gasteiger partial charge is 0.381 e. The highest BCUT2D eigenvalue weighted by molar-refractivity contribution is 7.46. The lowest BCUT2D eigenvalue weighted by Crippen LogP contribution is -2.60. The first-order valence-electron chi connectivity index (χ1n) is 10.8. The normalized spacial score (nSPS) is 46.7. The van der Waals surface area contributed by atoms with E-state index in [1.54, 1.807) is 6.92 Å². The Bertz CT molecular complexity index is 925. The maximum absolute atomic E-state index is 15.3. The van der Waals surface area contributed by atoms with Crippen LogP contribution in [0.25, 0.3) is 0 Å². The van der Waals surface area contributed by atoms with Crippen LogP contribution < -0.4 is 0 Å². The number of aliphatic hydroxyl groups is 1. The van der Waals surface area contributed by atoms with Crippen molar-refractivity contribution in [1.82, 2.24) is 0 Å². The van der Waals surface area contributed by atoms with E-state index in [1.807, 2.05) is 19.9 Å². The first-order valence-corrected chi connectivity index (χ1v) is 12.3. The van der Waals surface area contributed by atoms with Crippen molar-refractivity contribution in [1.29, 1.82) is 0 Å². The number of allylic oxidation sites excluding steroid dienone is 4. The van der Waals surface area contributed by atoms with Gasteiger partial charge in [-0.3, -0.25) is 14.1 Å². The van der Waals surface area contributed by atoms with Crippen LogP contribution in [0.15, 0.2) is 23.8 Å². The molecule has 2 unspecified atom stereocenters. The quantitative estimate of drug-likeness (QED) is 0.556. The second-order valence-electron chi connectivity index (χ2n) is 10.2. The van der Waals surface area contributed by atoms with Crippen molar-refractivity contribution in [2.75, 3.05) is 6.61 Å². The number of fused-ring (bicyclic) bond motifs is 5. The first kappa shape index (κ1) is 23.0. The molecular formula is C22H30FO7P. The van der Waals surface area contributed by atoms with Crippen LogP contribution in [0.2, 0.25) is 0 Å². The largest absolute Gasteiger partial charge is 0.470 e. The molecule has 3 N–H and O–H groups in total. The Labute approximate surface area is 181 Å². The summed E-state index contributed by atoms with van der Waals surface area (Å²) in [6.45, 7) is 4.70. The number of ketones is 2. The zero-order valence-electron chi connectivity index (χ0n) is 18.0. The molecule has 7 nitrogen and oxygen atoms in total. The summed E-state index contributed by atoms with van der Waals surface area (Å²) in [4.78, 5) is 42.8. The van der Waals surface area contributed by atoms with E-state index in [4.69, 9.17) is 9.79 Å². The Kier molecular flexibility index (Phi) is 5.31. The number of hydrogen-bond donors (Lipinski definition) is 3. The number of halogens is 1. The topological polar surface area (TPSA) is 121 Å². The zero-order valence-corrected chi connectivity index (χ0v) is 18.8. The van der Waals surface area contributed by atoms with Gasteiger partial charge in [0.25, 0.3) is 0 Å².